The first-order valence-electron chi connectivity index (χ1n) is 18.8. The smallest absolute Gasteiger partial charge is 0.276 e. The molecule has 0 spiro atoms. The lowest BCUT2D eigenvalue weighted by Crippen LogP contribution is -2.32. The molecule has 1 atom stereocenters. The van der Waals surface area contributed by atoms with Crippen LogP contribution in [0, 0.1) is 13.8 Å². The number of hydrogen-bond donors (Lipinski definition) is 5. The number of primary amides is 2. The summed E-state index contributed by atoms with van der Waals surface area (Å²) < 4.78 is 12.9. The fourth-order valence-electron chi connectivity index (χ4n) is 7.26. The first-order chi connectivity index (χ1) is 27.8. The number of aryl methyl sites for hydroxylation is 4. The number of ether oxygens (including phenoxy) is 1. The lowest BCUT2D eigenvalue weighted by Gasteiger charge is -2.32. The van der Waals surface area contributed by atoms with Crippen LogP contribution in [0.4, 0.5) is 17.6 Å². The highest BCUT2D eigenvalue weighted by Gasteiger charge is 2.30. The molecule has 2 aromatic carbocycles. The molecule has 0 aliphatic carbocycles. The van der Waals surface area contributed by atoms with Gasteiger partial charge in [0.15, 0.2) is 0 Å². The Hall–Kier alpha value is -7.02. The van der Waals surface area contributed by atoms with E-state index in [0.717, 1.165) is 0 Å². The predicted molar refractivity (Wildman–Crippen MR) is 216 cm³/mol. The summed E-state index contributed by atoms with van der Waals surface area (Å²) in [5.74, 6) is -1.42. The van der Waals surface area contributed by atoms with Gasteiger partial charge in [0, 0.05) is 57.4 Å². The number of carbonyl (C=O) groups excluding carboxylic acids is 4. The van der Waals surface area contributed by atoms with E-state index in [9.17, 15) is 24.3 Å². The van der Waals surface area contributed by atoms with Crippen LogP contribution < -0.4 is 31.7 Å². The molecule has 19 nitrogen and oxygen atoms in total. The number of allylic oxidation sites excluding steroid dienone is 1. The summed E-state index contributed by atoms with van der Waals surface area (Å²) in [6.45, 7) is 8.95. The molecule has 58 heavy (non-hydrogen) atoms. The number of carbonyl (C=O) groups is 4. The van der Waals surface area contributed by atoms with Gasteiger partial charge in [0.1, 0.15) is 22.7 Å². The van der Waals surface area contributed by atoms with Gasteiger partial charge in [-0.2, -0.15) is 10.2 Å². The molecule has 6 aromatic rings. The first kappa shape index (κ1) is 39.2. The van der Waals surface area contributed by atoms with Crippen LogP contribution in [0.25, 0.3) is 22.1 Å². The summed E-state index contributed by atoms with van der Waals surface area (Å²) in [5, 5.41) is 24.2. The van der Waals surface area contributed by atoms with E-state index in [1.54, 1.807) is 45.1 Å². The molecule has 0 saturated heterocycles. The molecule has 4 amide bonds. The molecule has 19 heteroatoms. The van der Waals surface area contributed by atoms with Gasteiger partial charge in [0.2, 0.25) is 23.7 Å². The van der Waals surface area contributed by atoms with Gasteiger partial charge in [-0.1, -0.05) is 12.2 Å². The minimum absolute atomic E-state index is 0.110. The lowest BCUT2D eigenvalue weighted by molar-refractivity contribution is 0.0992. The van der Waals surface area contributed by atoms with Crippen LogP contribution in [-0.2, 0) is 19.6 Å². The minimum Gasteiger partial charge on any atom is -0.491 e. The third-order valence-electron chi connectivity index (χ3n) is 9.87. The van der Waals surface area contributed by atoms with E-state index in [2.05, 4.69) is 20.8 Å². The minimum atomic E-state index is -0.690. The maximum absolute atomic E-state index is 13.7. The van der Waals surface area contributed by atoms with Crippen molar-refractivity contribution >= 4 is 63.3 Å². The predicted octanol–water partition coefficient (Wildman–Crippen LogP) is 3.15. The molecular formula is C39H45N13O6. The number of benzene rings is 2. The van der Waals surface area contributed by atoms with Gasteiger partial charge in [-0.25, -0.2) is 9.97 Å². The van der Waals surface area contributed by atoms with Crippen molar-refractivity contribution in [2.45, 2.75) is 59.8 Å². The molecule has 5 heterocycles. The Morgan fingerprint density at radius 3 is 2.00 bits per heavy atom. The highest BCUT2D eigenvalue weighted by molar-refractivity contribution is 6.06. The maximum atomic E-state index is 13.7. The second-order valence-electron chi connectivity index (χ2n) is 14.0. The van der Waals surface area contributed by atoms with E-state index in [0.29, 0.717) is 76.6 Å². The zero-order chi connectivity index (χ0) is 41.4. The van der Waals surface area contributed by atoms with Gasteiger partial charge in [-0.3, -0.25) is 43.7 Å². The number of imidazole rings is 2. The molecule has 0 saturated carbocycles. The number of aliphatic hydroxyl groups is 1. The zero-order valence-corrected chi connectivity index (χ0v) is 32.8. The van der Waals surface area contributed by atoms with Crippen molar-refractivity contribution < 1.29 is 29.0 Å². The topological polar surface area (TPSA) is 248 Å². The molecule has 0 fully saturated rings. The van der Waals surface area contributed by atoms with Crippen LogP contribution in [-0.4, -0.2) is 94.2 Å². The molecule has 7 N–H and O–H groups in total. The number of nitrogens with zero attached hydrogens (tertiary/aromatic N) is 9. The number of nitrogens with two attached hydrogens (primary N) is 2. The fourth-order valence-corrected chi connectivity index (χ4v) is 7.26. The van der Waals surface area contributed by atoms with Crippen LogP contribution in [0.15, 0.2) is 48.6 Å². The van der Waals surface area contributed by atoms with Gasteiger partial charge < -0.3 is 30.8 Å². The SMILES string of the molecule is CCn1nc(C)cc1C(=O)Nc1nc2cc(C(N)=O)cc(OCCCO)c2n1C/C=C/[C@H]1CN(C)c2cc(C(N)=O)cc3nc(NC(=O)c4cc(C)nn4CC)n1c23. The van der Waals surface area contributed by atoms with E-state index in [1.807, 2.05) is 49.4 Å². The fraction of sp³-hybridized carbons (Fsp3) is 0.333. The van der Waals surface area contributed by atoms with Gasteiger partial charge in [0.25, 0.3) is 11.8 Å². The standard InChI is InChI=1S/C39H45N13O6/c1-6-50-29(14-21(3)46-50)36(56)44-38-42-27-17-24(35(41)55)19-31(58-13-9-12-53)33(27)49(38)11-8-10-25-20-48(5)28-18-23(34(40)54)16-26-32(28)52(25)39(43-26)45-37(57)30-15-22(4)47-51(30)7-2/h8,10,14-19,25,53H,6-7,9,11-13,20H2,1-5H3,(H2,40,54)(H2,41,55)(H,42,44,56)(H,43,45,57)/b10-8+/t25-/m0/s1. The monoisotopic (exact) mass is 791 g/mol. The second-order valence-corrected chi connectivity index (χ2v) is 14.0. The van der Waals surface area contributed by atoms with Crippen LogP contribution in [0.5, 0.6) is 5.75 Å². The van der Waals surface area contributed by atoms with Crippen LogP contribution in [0.2, 0.25) is 0 Å². The molecule has 7 rings (SSSR count). The quantitative estimate of drug-likeness (QED) is 0.0747. The Kier molecular flexibility index (Phi) is 10.7. The number of hydrogen-bond acceptors (Lipinski definition) is 11. The largest absolute Gasteiger partial charge is 0.491 e. The molecule has 0 unspecified atom stereocenters. The molecule has 1 aliphatic rings. The first-order valence-corrected chi connectivity index (χ1v) is 18.8. The van der Waals surface area contributed by atoms with Crippen LogP contribution in [0.3, 0.4) is 0 Å². The summed E-state index contributed by atoms with van der Waals surface area (Å²) in [4.78, 5) is 63.7. The third kappa shape index (κ3) is 7.34. The van der Waals surface area contributed by atoms with Crippen molar-refractivity contribution in [3.8, 4) is 5.75 Å². The summed E-state index contributed by atoms with van der Waals surface area (Å²) in [6, 6.07) is 9.35. The van der Waals surface area contributed by atoms with Crippen molar-refractivity contribution in [1.29, 1.82) is 0 Å². The number of aromatic nitrogens is 8. The van der Waals surface area contributed by atoms with E-state index >= 15 is 0 Å². The van der Waals surface area contributed by atoms with E-state index in [1.165, 1.54) is 12.1 Å². The molecule has 0 radical (unpaired) electrons. The molecule has 302 valence electrons. The van der Waals surface area contributed by atoms with Crippen molar-refractivity contribution in [2.75, 3.05) is 42.3 Å². The number of rotatable bonds is 15. The Morgan fingerprint density at radius 2 is 1.41 bits per heavy atom. The average molecular weight is 792 g/mol. The molecule has 4 aromatic heterocycles. The van der Waals surface area contributed by atoms with Crippen molar-refractivity contribution in [3.63, 3.8) is 0 Å². The Morgan fingerprint density at radius 1 is 0.845 bits per heavy atom. The van der Waals surface area contributed by atoms with E-state index in [4.69, 9.17) is 26.2 Å². The van der Waals surface area contributed by atoms with Gasteiger partial charge in [-0.05, 0) is 64.1 Å². The van der Waals surface area contributed by atoms with Crippen molar-refractivity contribution in [3.05, 3.63) is 82.5 Å². The molecular weight excluding hydrogens is 747 g/mol. The number of amides is 4. The number of aliphatic hydroxyl groups excluding tert-OH is 1. The lowest BCUT2D eigenvalue weighted by atomic mass is 10.1. The molecule has 1 aliphatic heterocycles. The van der Waals surface area contributed by atoms with Crippen LogP contribution in [0.1, 0.15) is 79.4 Å². The number of likely N-dealkylation sites (N-methyl/N-ethyl adjacent to an activating group) is 1. The van der Waals surface area contributed by atoms with Gasteiger partial charge >= 0.3 is 0 Å². The zero-order valence-electron chi connectivity index (χ0n) is 32.8. The Bertz CT molecular complexity index is 2630. The maximum Gasteiger partial charge on any atom is 0.276 e. The Balaban J connectivity index is 1.31. The van der Waals surface area contributed by atoms with Gasteiger partial charge in [0.05, 0.1) is 46.3 Å². The number of anilines is 3. The number of nitrogens with one attached hydrogen (secondary N) is 2. The third-order valence-corrected chi connectivity index (χ3v) is 9.87. The van der Waals surface area contributed by atoms with Crippen molar-refractivity contribution in [1.82, 2.24) is 38.7 Å². The van der Waals surface area contributed by atoms with E-state index in [-0.39, 0.29) is 48.5 Å². The average Bonchev–Trinajstić information content (AvgIpc) is 3.95. The van der Waals surface area contributed by atoms with Crippen LogP contribution >= 0.6 is 0 Å². The van der Waals surface area contributed by atoms with Gasteiger partial charge in [-0.15, -0.1) is 0 Å². The Labute approximate surface area is 332 Å². The summed E-state index contributed by atoms with van der Waals surface area (Å²) >= 11 is 0. The highest BCUT2D eigenvalue weighted by Crippen LogP contribution is 2.39. The normalized spacial score (nSPS) is 13.8. The summed E-state index contributed by atoms with van der Waals surface area (Å²) in [6.07, 6.45) is 4.18. The molecule has 0 bridgehead atoms. The second kappa shape index (κ2) is 15.8. The number of fused-ring (bicyclic) bond motifs is 1. The van der Waals surface area contributed by atoms with E-state index < -0.39 is 29.7 Å². The summed E-state index contributed by atoms with van der Waals surface area (Å²) in [7, 11) is 1.89. The highest BCUT2D eigenvalue weighted by atomic mass is 16.5. The summed E-state index contributed by atoms with van der Waals surface area (Å²) in [5.41, 5.74) is 16.6. The van der Waals surface area contributed by atoms with Crippen molar-refractivity contribution in [2.24, 2.45) is 11.5 Å².